The Kier molecular flexibility index (Phi) is 5.20. The van der Waals surface area contributed by atoms with Crippen molar-refractivity contribution in [1.82, 2.24) is 5.32 Å². The van der Waals surface area contributed by atoms with Gasteiger partial charge in [-0.05, 0) is 24.5 Å². The monoisotopic (exact) mass is 233 g/mol. The second-order valence-electron chi connectivity index (χ2n) is 4.24. The van der Waals surface area contributed by atoms with Crippen LogP contribution in [-0.2, 0) is 0 Å². The molecule has 0 aliphatic heterocycles. The largest absolute Gasteiger partial charge is 0.370 e. The van der Waals surface area contributed by atoms with Crippen LogP contribution in [0.3, 0.4) is 0 Å². The highest BCUT2D eigenvalue weighted by atomic mass is 32.1. The van der Waals surface area contributed by atoms with Crippen molar-refractivity contribution in [2.24, 2.45) is 5.92 Å². The van der Waals surface area contributed by atoms with E-state index in [4.69, 9.17) is 12.2 Å². The molecule has 2 heteroatoms. The van der Waals surface area contributed by atoms with E-state index < -0.39 is 0 Å². The molecule has 0 amide bonds. The summed E-state index contributed by atoms with van der Waals surface area (Å²) in [4.78, 5) is 0.796. The van der Waals surface area contributed by atoms with Gasteiger partial charge in [0.2, 0.25) is 0 Å². The molecule has 0 heterocycles. The number of benzene rings is 1. The van der Waals surface area contributed by atoms with Crippen molar-refractivity contribution in [2.45, 2.75) is 26.8 Å². The first-order valence-corrected chi connectivity index (χ1v) is 6.04. The van der Waals surface area contributed by atoms with Crippen LogP contribution in [0.25, 0.3) is 0 Å². The minimum absolute atomic E-state index is 0.255. The van der Waals surface area contributed by atoms with Crippen LogP contribution in [0.1, 0.15) is 32.4 Å². The van der Waals surface area contributed by atoms with E-state index >= 15 is 0 Å². The van der Waals surface area contributed by atoms with Crippen molar-refractivity contribution in [3.63, 3.8) is 0 Å². The lowest BCUT2D eigenvalue weighted by molar-refractivity contribution is 0.724. The number of nitrogens with one attached hydrogen (secondary N) is 1. The lowest BCUT2D eigenvalue weighted by atomic mass is 10.1. The summed E-state index contributed by atoms with van der Waals surface area (Å²) in [6.07, 6.45) is 4.08. The van der Waals surface area contributed by atoms with Gasteiger partial charge in [-0.25, -0.2) is 0 Å². The molecule has 0 aliphatic rings. The molecule has 0 aromatic heterocycles. The molecule has 0 bridgehead atoms. The molecule has 86 valence electrons. The second kappa shape index (κ2) is 6.44. The third-order valence-corrected chi connectivity index (χ3v) is 2.54. The number of thiocarbonyl (C=S) groups is 1. The third-order valence-electron chi connectivity index (χ3n) is 2.29. The zero-order chi connectivity index (χ0) is 12.0. The van der Waals surface area contributed by atoms with Gasteiger partial charge in [-0.2, -0.15) is 0 Å². The number of rotatable bonds is 4. The first-order chi connectivity index (χ1) is 7.59. The van der Waals surface area contributed by atoms with Gasteiger partial charge in [0.15, 0.2) is 0 Å². The zero-order valence-electron chi connectivity index (χ0n) is 10.1. The molecule has 0 spiro atoms. The zero-order valence-corrected chi connectivity index (χ0v) is 10.9. The van der Waals surface area contributed by atoms with Gasteiger partial charge in [0.1, 0.15) is 0 Å². The molecule has 0 radical (unpaired) electrons. The van der Waals surface area contributed by atoms with Crippen LogP contribution in [0.5, 0.6) is 0 Å². The van der Waals surface area contributed by atoms with E-state index in [2.05, 4.69) is 44.3 Å². The van der Waals surface area contributed by atoms with Crippen molar-refractivity contribution in [3.05, 3.63) is 48.0 Å². The summed E-state index contributed by atoms with van der Waals surface area (Å²) in [5.41, 5.74) is 1.25. The maximum Gasteiger partial charge on any atom is 0.0989 e. The average molecular weight is 233 g/mol. The Morgan fingerprint density at radius 2 is 1.81 bits per heavy atom. The maximum atomic E-state index is 5.25. The Morgan fingerprint density at radius 3 is 2.38 bits per heavy atom. The second-order valence-corrected chi connectivity index (χ2v) is 4.68. The molecule has 1 N–H and O–H groups in total. The SMILES string of the molecule is CC(C)/C=C/C(=S)N[C@@H](C)c1ccccc1. The van der Waals surface area contributed by atoms with E-state index in [0.717, 1.165) is 4.99 Å². The minimum atomic E-state index is 0.255. The van der Waals surface area contributed by atoms with E-state index in [1.54, 1.807) is 0 Å². The Hall–Kier alpha value is -1.15. The molecule has 0 saturated heterocycles. The number of hydrogen-bond acceptors (Lipinski definition) is 1. The molecule has 1 aromatic carbocycles. The lowest BCUT2D eigenvalue weighted by Crippen LogP contribution is -2.23. The van der Waals surface area contributed by atoms with Crippen molar-refractivity contribution >= 4 is 17.2 Å². The summed E-state index contributed by atoms with van der Waals surface area (Å²) in [5.74, 6) is 0.534. The van der Waals surface area contributed by atoms with Crippen LogP contribution in [0.15, 0.2) is 42.5 Å². The van der Waals surface area contributed by atoms with Crippen LogP contribution in [0.2, 0.25) is 0 Å². The minimum Gasteiger partial charge on any atom is -0.370 e. The van der Waals surface area contributed by atoms with Gasteiger partial charge in [0.25, 0.3) is 0 Å². The maximum absolute atomic E-state index is 5.25. The van der Waals surface area contributed by atoms with E-state index in [1.165, 1.54) is 5.56 Å². The predicted octanol–water partition coefficient (Wildman–Crippen LogP) is 3.88. The fourth-order valence-electron chi connectivity index (χ4n) is 1.37. The van der Waals surface area contributed by atoms with Crippen LogP contribution >= 0.6 is 12.2 Å². The average Bonchev–Trinajstić information content (AvgIpc) is 2.27. The number of allylic oxidation sites excluding steroid dienone is 1. The summed E-state index contributed by atoms with van der Waals surface area (Å²) in [6, 6.07) is 10.6. The van der Waals surface area contributed by atoms with Crippen molar-refractivity contribution in [1.29, 1.82) is 0 Å². The topological polar surface area (TPSA) is 12.0 Å². The molecule has 1 atom stereocenters. The van der Waals surface area contributed by atoms with Crippen molar-refractivity contribution in [3.8, 4) is 0 Å². The Bertz CT molecular complexity index is 354. The van der Waals surface area contributed by atoms with Gasteiger partial charge in [-0.15, -0.1) is 0 Å². The van der Waals surface area contributed by atoms with E-state index in [9.17, 15) is 0 Å². The smallest absolute Gasteiger partial charge is 0.0989 e. The fourth-order valence-corrected chi connectivity index (χ4v) is 1.62. The van der Waals surface area contributed by atoms with Gasteiger partial charge in [0, 0.05) is 6.04 Å². The van der Waals surface area contributed by atoms with Crippen LogP contribution in [0.4, 0.5) is 0 Å². The van der Waals surface area contributed by atoms with Gasteiger partial charge in [-0.3, -0.25) is 0 Å². The summed E-state index contributed by atoms with van der Waals surface area (Å²) in [6.45, 7) is 6.39. The lowest BCUT2D eigenvalue weighted by Gasteiger charge is -2.14. The molecule has 0 saturated carbocycles. The van der Waals surface area contributed by atoms with Gasteiger partial charge >= 0.3 is 0 Å². The van der Waals surface area contributed by atoms with Crippen molar-refractivity contribution < 1.29 is 0 Å². The Morgan fingerprint density at radius 1 is 1.19 bits per heavy atom. The van der Waals surface area contributed by atoms with E-state index in [1.807, 2.05) is 24.3 Å². The molecule has 1 aromatic rings. The van der Waals surface area contributed by atoms with Crippen LogP contribution < -0.4 is 5.32 Å². The molecule has 0 fully saturated rings. The normalized spacial score (nSPS) is 13.0. The summed E-state index contributed by atoms with van der Waals surface area (Å²) in [5, 5.41) is 3.30. The Balaban J connectivity index is 2.52. The highest BCUT2D eigenvalue weighted by molar-refractivity contribution is 7.80. The molecule has 16 heavy (non-hydrogen) atoms. The standard InChI is InChI=1S/C14H19NS/c1-11(2)9-10-14(16)15-12(3)13-7-5-4-6-8-13/h4-12H,1-3H3,(H,15,16)/b10-9+/t12-/m0/s1. The molecule has 0 unspecified atom stereocenters. The van der Waals surface area contributed by atoms with Gasteiger partial charge in [-0.1, -0.05) is 62.5 Å². The van der Waals surface area contributed by atoms with Crippen molar-refractivity contribution in [2.75, 3.05) is 0 Å². The third kappa shape index (κ3) is 4.58. The van der Waals surface area contributed by atoms with E-state index in [0.29, 0.717) is 5.92 Å². The predicted molar refractivity (Wildman–Crippen MR) is 74.6 cm³/mol. The highest BCUT2D eigenvalue weighted by Crippen LogP contribution is 2.11. The fraction of sp³-hybridized carbons (Fsp3) is 0.357. The first kappa shape index (κ1) is 12.9. The summed E-state index contributed by atoms with van der Waals surface area (Å²) < 4.78 is 0. The Labute approximate surface area is 104 Å². The number of hydrogen-bond donors (Lipinski definition) is 1. The van der Waals surface area contributed by atoms with Gasteiger partial charge < -0.3 is 5.32 Å². The first-order valence-electron chi connectivity index (χ1n) is 5.63. The molecule has 1 nitrogen and oxygen atoms in total. The quantitative estimate of drug-likeness (QED) is 0.625. The molecular formula is C14H19NS. The highest BCUT2D eigenvalue weighted by Gasteiger charge is 2.03. The van der Waals surface area contributed by atoms with Gasteiger partial charge in [0.05, 0.1) is 4.99 Å². The van der Waals surface area contributed by atoms with Crippen LogP contribution in [0, 0.1) is 5.92 Å². The molecular weight excluding hydrogens is 214 g/mol. The summed E-state index contributed by atoms with van der Waals surface area (Å²) in [7, 11) is 0. The van der Waals surface area contributed by atoms with Crippen LogP contribution in [-0.4, -0.2) is 4.99 Å². The molecule has 1 rings (SSSR count). The summed E-state index contributed by atoms with van der Waals surface area (Å²) >= 11 is 5.25. The molecule has 0 aliphatic carbocycles. The van der Waals surface area contributed by atoms with E-state index in [-0.39, 0.29) is 6.04 Å².